The first-order chi connectivity index (χ1) is 10.9. The summed E-state index contributed by atoms with van der Waals surface area (Å²) < 4.78 is 0. The average molecular weight is 312 g/mol. The van der Waals surface area contributed by atoms with Gasteiger partial charge in [0.25, 0.3) is 23.6 Å². The zero-order chi connectivity index (χ0) is 16.7. The van der Waals surface area contributed by atoms with Crippen molar-refractivity contribution >= 4 is 41.0 Å². The molecule has 1 N–H and O–H groups in total. The van der Waals surface area contributed by atoms with E-state index in [4.69, 9.17) is 0 Å². The zero-order valence-corrected chi connectivity index (χ0v) is 11.4. The highest BCUT2D eigenvalue weighted by Crippen LogP contribution is 2.36. The number of nitrogens with zero attached hydrogens (tertiary/aromatic N) is 2. The van der Waals surface area contributed by atoms with Gasteiger partial charge in [0.15, 0.2) is 0 Å². The Hall–Kier alpha value is -3.55. The topological polar surface area (TPSA) is 112 Å². The summed E-state index contributed by atoms with van der Waals surface area (Å²) in [7, 11) is 0. The Balaban J connectivity index is 2.25. The number of rotatable bonds is 3. The number of imide groups is 2. The predicted molar refractivity (Wildman–Crippen MR) is 76.7 cm³/mol. The van der Waals surface area contributed by atoms with Crippen LogP contribution in [-0.2, 0) is 19.2 Å². The maximum absolute atomic E-state index is 11.9. The number of carbonyl (C=O) groups is 5. The van der Waals surface area contributed by atoms with E-state index in [-0.39, 0.29) is 16.9 Å². The summed E-state index contributed by atoms with van der Waals surface area (Å²) in [6.07, 6.45) is 4.00. The number of hydrogen-bond acceptors (Lipinski definition) is 5. The molecule has 1 aromatic rings. The van der Waals surface area contributed by atoms with Crippen molar-refractivity contribution < 1.29 is 29.1 Å². The van der Waals surface area contributed by atoms with Crippen molar-refractivity contribution in [1.82, 2.24) is 0 Å². The van der Waals surface area contributed by atoms with E-state index in [9.17, 15) is 29.1 Å². The van der Waals surface area contributed by atoms with Crippen molar-refractivity contribution in [2.45, 2.75) is 0 Å². The Kier molecular flexibility index (Phi) is 3.14. The molecular weight excluding hydrogens is 304 g/mol. The fourth-order valence-corrected chi connectivity index (χ4v) is 2.38. The van der Waals surface area contributed by atoms with E-state index in [0.717, 1.165) is 24.3 Å². The number of carboxylic acid groups (broad SMARTS) is 1. The number of aromatic carboxylic acids is 1. The van der Waals surface area contributed by atoms with Crippen LogP contribution >= 0.6 is 0 Å². The molecule has 0 saturated carbocycles. The highest BCUT2D eigenvalue weighted by molar-refractivity contribution is 6.34. The van der Waals surface area contributed by atoms with Gasteiger partial charge in [-0.3, -0.25) is 19.2 Å². The minimum atomic E-state index is -1.40. The first-order valence-electron chi connectivity index (χ1n) is 6.40. The molecule has 2 aliphatic heterocycles. The van der Waals surface area contributed by atoms with Crippen LogP contribution in [0.5, 0.6) is 0 Å². The number of para-hydroxylation sites is 1. The molecule has 0 aromatic heterocycles. The molecule has 114 valence electrons. The van der Waals surface area contributed by atoms with Gasteiger partial charge in [0.2, 0.25) is 0 Å². The van der Waals surface area contributed by atoms with Crippen molar-refractivity contribution in [2.75, 3.05) is 9.80 Å². The van der Waals surface area contributed by atoms with E-state index >= 15 is 0 Å². The molecule has 0 spiro atoms. The molecule has 0 bridgehead atoms. The number of anilines is 2. The molecule has 4 amide bonds. The molecular formula is C15H8N2O6. The maximum atomic E-state index is 11.9. The van der Waals surface area contributed by atoms with Crippen LogP contribution in [-0.4, -0.2) is 34.7 Å². The molecule has 23 heavy (non-hydrogen) atoms. The van der Waals surface area contributed by atoms with Gasteiger partial charge in [-0.25, -0.2) is 14.6 Å². The Bertz CT molecular complexity index is 816. The second-order valence-corrected chi connectivity index (χ2v) is 4.67. The van der Waals surface area contributed by atoms with E-state index < -0.39 is 29.6 Å². The van der Waals surface area contributed by atoms with Crippen LogP contribution in [0.1, 0.15) is 10.4 Å². The Morgan fingerprint density at radius 1 is 0.783 bits per heavy atom. The van der Waals surface area contributed by atoms with Crippen molar-refractivity contribution in [1.29, 1.82) is 0 Å². The maximum Gasteiger partial charge on any atom is 0.337 e. The Morgan fingerprint density at radius 3 is 1.74 bits per heavy atom. The minimum absolute atomic E-state index is 0.143. The molecule has 0 saturated heterocycles. The summed E-state index contributed by atoms with van der Waals surface area (Å²) in [5.41, 5.74) is -0.832. The largest absolute Gasteiger partial charge is 0.478 e. The SMILES string of the molecule is O=C(O)c1cccc(N2C(=O)C=CC2=O)c1N1C(=O)C=CC1=O. The monoisotopic (exact) mass is 312 g/mol. The number of hydrogen-bond donors (Lipinski definition) is 1. The lowest BCUT2D eigenvalue weighted by molar-refractivity contribution is -0.122. The second kappa shape index (κ2) is 5.02. The van der Waals surface area contributed by atoms with Crippen molar-refractivity contribution in [3.8, 4) is 0 Å². The molecule has 8 nitrogen and oxygen atoms in total. The van der Waals surface area contributed by atoms with Gasteiger partial charge >= 0.3 is 5.97 Å². The van der Waals surface area contributed by atoms with E-state index in [0.29, 0.717) is 9.80 Å². The lowest BCUT2D eigenvalue weighted by atomic mass is 10.1. The second-order valence-electron chi connectivity index (χ2n) is 4.67. The van der Waals surface area contributed by atoms with Crippen LogP contribution in [0, 0.1) is 0 Å². The van der Waals surface area contributed by atoms with Crippen LogP contribution in [0.15, 0.2) is 42.5 Å². The Morgan fingerprint density at radius 2 is 1.26 bits per heavy atom. The van der Waals surface area contributed by atoms with Gasteiger partial charge in [-0.1, -0.05) is 6.07 Å². The number of carbonyl (C=O) groups excluding carboxylic acids is 4. The quantitative estimate of drug-likeness (QED) is 0.800. The molecule has 0 fully saturated rings. The zero-order valence-electron chi connectivity index (χ0n) is 11.4. The smallest absolute Gasteiger partial charge is 0.337 e. The van der Waals surface area contributed by atoms with Crippen LogP contribution < -0.4 is 9.80 Å². The third kappa shape index (κ3) is 2.13. The van der Waals surface area contributed by atoms with Gasteiger partial charge in [-0.15, -0.1) is 0 Å². The summed E-state index contributed by atoms with van der Waals surface area (Å²) in [5.74, 6) is -4.29. The molecule has 0 aliphatic carbocycles. The van der Waals surface area contributed by atoms with E-state index in [2.05, 4.69) is 0 Å². The molecule has 0 radical (unpaired) electrons. The molecule has 0 atom stereocenters. The standard InChI is InChI=1S/C15H8N2O6/c18-10-4-5-11(19)16(10)9-3-1-2-8(15(22)23)14(9)17-12(20)6-7-13(17)21/h1-7H,(H,22,23). The van der Waals surface area contributed by atoms with Crippen LogP contribution in [0.2, 0.25) is 0 Å². The molecule has 2 aliphatic rings. The first-order valence-corrected chi connectivity index (χ1v) is 6.40. The molecule has 1 aromatic carbocycles. The lowest BCUT2D eigenvalue weighted by Gasteiger charge is -2.24. The summed E-state index contributed by atoms with van der Waals surface area (Å²) >= 11 is 0. The van der Waals surface area contributed by atoms with Gasteiger partial charge in [-0.2, -0.15) is 0 Å². The third-order valence-electron chi connectivity index (χ3n) is 3.33. The fourth-order valence-electron chi connectivity index (χ4n) is 2.38. The summed E-state index contributed by atoms with van der Waals surface area (Å²) in [5, 5.41) is 9.32. The molecule has 2 heterocycles. The van der Waals surface area contributed by atoms with Crippen LogP contribution in [0.25, 0.3) is 0 Å². The van der Waals surface area contributed by atoms with Gasteiger partial charge in [0.05, 0.1) is 16.9 Å². The summed E-state index contributed by atoms with van der Waals surface area (Å²) in [4.78, 5) is 60.3. The van der Waals surface area contributed by atoms with E-state index in [1.54, 1.807) is 0 Å². The molecule has 0 unspecified atom stereocenters. The van der Waals surface area contributed by atoms with Crippen molar-refractivity contribution in [2.24, 2.45) is 0 Å². The van der Waals surface area contributed by atoms with E-state index in [1.807, 2.05) is 0 Å². The van der Waals surface area contributed by atoms with Gasteiger partial charge < -0.3 is 5.11 Å². The predicted octanol–water partition coefficient (Wildman–Crippen LogP) is 0.244. The van der Waals surface area contributed by atoms with Crippen molar-refractivity contribution in [3.05, 3.63) is 48.1 Å². The first kappa shape index (κ1) is 14.4. The number of benzene rings is 1. The molecule has 8 heteroatoms. The average Bonchev–Trinajstić information content (AvgIpc) is 3.01. The normalized spacial score (nSPS) is 16.9. The van der Waals surface area contributed by atoms with Gasteiger partial charge in [-0.05, 0) is 12.1 Å². The number of carboxylic acids is 1. The summed E-state index contributed by atoms with van der Waals surface area (Å²) in [6.45, 7) is 0. The number of amides is 4. The van der Waals surface area contributed by atoms with E-state index in [1.165, 1.54) is 18.2 Å². The summed E-state index contributed by atoms with van der Waals surface area (Å²) in [6, 6.07) is 3.79. The van der Waals surface area contributed by atoms with Crippen LogP contribution in [0.3, 0.4) is 0 Å². The third-order valence-corrected chi connectivity index (χ3v) is 3.33. The fraction of sp³-hybridized carbons (Fsp3) is 0. The Labute approximate surface area is 128 Å². The van der Waals surface area contributed by atoms with Crippen molar-refractivity contribution in [3.63, 3.8) is 0 Å². The van der Waals surface area contributed by atoms with Gasteiger partial charge in [0.1, 0.15) is 0 Å². The van der Waals surface area contributed by atoms with Crippen LogP contribution in [0.4, 0.5) is 11.4 Å². The highest BCUT2D eigenvalue weighted by atomic mass is 16.4. The minimum Gasteiger partial charge on any atom is -0.478 e. The highest BCUT2D eigenvalue weighted by Gasteiger charge is 2.36. The van der Waals surface area contributed by atoms with Gasteiger partial charge in [0, 0.05) is 24.3 Å². The lowest BCUT2D eigenvalue weighted by Crippen LogP contribution is -2.36. The molecule has 3 rings (SSSR count).